The molecule has 1 saturated carbocycles. The molecule has 1 N–H and O–H groups in total. The number of methoxy groups -OCH3 is 1. The molecule has 0 spiro atoms. The Morgan fingerprint density at radius 1 is 1.45 bits per heavy atom. The Morgan fingerprint density at radius 2 is 2.15 bits per heavy atom. The Bertz CT molecular complexity index is 346. The quantitative estimate of drug-likeness (QED) is 0.692. The minimum atomic E-state index is -0.588. The molecule has 2 fully saturated rings. The second kappa shape index (κ2) is 6.41. The topological polar surface area (TPSA) is 44.8 Å². The lowest BCUT2D eigenvalue weighted by molar-refractivity contribution is -0.148. The lowest BCUT2D eigenvalue weighted by Crippen LogP contribution is -2.58. The zero-order valence-corrected chi connectivity index (χ0v) is 13.3. The minimum absolute atomic E-state index is 0.153. The van der Waals surface area contributed by atoms with Crippen LogP contribution in [0.1, 0.15) is 26.2 Å². The average Bonchev–Trinajstić information content (AvgIpc) is 3.09. The van der Waals surface area contributed by atoms with Crippen molar-refractivity contribution in [1.82, 2.24) is 15.1 Å². The number of carbonyl (C=O) groups is 1. The van der Waals surface area contributed by atoms with E-state index in [-0.39, 0.29) is 5.97 Å². The standard InChI is InChI=1S/C15H29N3O2/c1-15(14(19)20-4,16-13-5-6-13)11-18(3)10-12-7-8-17(2)9-12/h12-13,16H,5-11H2,1-4H3. The molecule has 2 atom stereocenters. The predicted octanol–water partition coefficient (Wildman–Crippen LogP) is 0.554. The molecule has 0 aromatic heterocycles. The van der Waals surface area contributed by atoms with Crippen molar-refractivity contribution in [1.29, 1.82) is 0 Å². The summed E-state index contributed by atoms with van der Waals surface area (Å²) in [5.41, 5.74) is -0.588. The van der Waals surface area contributed by atoms with Gasteiger partial charge in [0.2, 0.25) is 0 Å². The highest BCUT2D eigenvalue weighted by Crippen LogP contribution is 2.24. The number of hydrogen-bond acceptors (Lipinski definition) is 5. The summed E-state index contributed by atoms with van der Waals surface area (Å²) in [6.07, 6.45) is 3.60. The molecule has 5 heteroatoms. The summed E-state index contributed by atoms with van der Waals surface area (Å²) in [7, 11) is 5.75. The third kappa shape index (κ3) is 4.17. The van der Waals surface area contributed by atoms with Crippen molar-refractivity contribution in [2.24, 2.45) is 5.92 Å². The van der Waals surface area contributed by atoms with Crippen LogP contribution in [0.15, 0.2) is 0 Å². The van der Waals surface area contributed by atoms with Gasteiger partial charge in [0, 0.05) is 25.7 Å². The van der Waals surface area contributed by atoms with E-state index in [4.69, 9.17) is 4.74 Å². The van der Waals surface area contributed by atoms with Gasteiger partial charge in [-0.25, -0.2) is 0 Å². The highest BCUT2D eigenvalue weighted by Gasteiger charge is 2.40. The largest absolute Gasteiger partial charge is 0.468 e. The summed E-state index contributed by atoms with van der Waals surface area (Å²) >= 11 is 0. The van der Waals surface area contributed by atoms with Crippen LogP contribution in [0.3, 0.4) is 0 Å². The third-order valence-electron chi connectivity index (χ3n) is 4.38. The van der Waals surface area contributed by atoms with E-state index in [1.807, 2.05) is 6.92 Å². The normalized spacial score (nSPS) is 26.8. The van der Waals surface area contributed by atoms with E-state index in [0.29, 0.717) is 18.5 Å². The molecule has 5 nitrogen and oxygen atoms in total. The summed E-state index contributed by atoms with van der Waals surface area (Å²) in [5, 5.41) is 3.46. The number of hydrogen-bond donors (Lipinski definition) is 1. The summed E-state index contributed by atoms with van der Waals surface area (Å²) < 4.78 is 5.00. The Labute approximate surface area is 122 Å². The van der Waals surface area contributed by atoms with Crippen LogP contribution >= 0.6 is 0 Å². The van der Waals surface area contributed by atoms with E-state index in [1.165, 1.54) is 32.9 Å². The number of likely N-dealkylation sites (N-methyl/N-ethyl adjacent to an activating group) is 1. The van der Waals surface area contributed by atoms with E-state index in [1.54, 1.807) is 0 Å². The number of nitrogens with one attached hydrogen (secondary N) is 1. The molecule has 20 heavy (non-hydrogen) atoms. The molecule has 1 saturated heterocycles. The van der Waals surface area contributed by atoms with Crippen molar-refractivity contribution in [3.63, 3.8) is 0 Å². The lowest BCUT2D eigenvalue weighted by atomic mass is 10.0. The van der Waals surface area contributed by atoms with Crippen LogP contribution in [0.4, 0.5) is 0 Å². The van der Waals surface area contributed by atoms with E-state index >= 15 is 0 Å². The molecule has 116 valence electrons. The molecule has 0 bridgehead atoms. The first-order valence-corrected chi connectivity index (χ1v) is 7.66. The molecule has 1 heterocycles. The zero-order valence-electron chi connectivity index (χ0n) is 13.3. The zero-order chi connectivity index (χ0) is 14.8. The predicted molar refractivity (Wildman–Crippen MR) is 79.7 cm³/mol. The van der Waals surface area contributed by atoms with Crippen molar-refractivity contribution in [2.45, 2.75) is 37.8 Å². The maximum atomic E-state index is 12.1. The summed E-state index contributed by atoms with van der Waals surface area (Å²) in [4.78, 5) is 16.8. The smallest absolute Gasteiger partial charge is 0.327 e. The number of carbonyl (C=O) groups excluding carboxylic acids is 1. The van der Waals surface area contributed by atoms with E-state index in [0.717, 1.165) is 13.1 Å². The van der Waals surface area contributed by atoms with Crippen molar-refractivity contribution >= 4 is 5.97 Å². The fourth-order valence-corrected chi connectivity index (χ4v) is 3.29. The fourth-order valence-electron chi connectivity index (χ4n) is 3.29. The van der Waals surface area contributed by atoms with Crippen LogP contribution < -0.4 is 5.32 Å². The first-order chi connectivity index (χ1) is 9.43. The lowest BCUT2D eigenvalue weighted by Gasteiger charge is -2.33. The molecule has 2 rings (SSSR count). The molecule has 0 aromatic rings. The Balaban J connectivity index is 1.87. The van der Waals surface area contributed by atoms with Crippen LogP contribution in [0.25, 0.3) is 0 Å². The van der Waals surface area contributed by atoms with Gasteiger partial charge in [-0.1, -0.05) is 0 Å². The summed E-state index contributed by atoms with van der Waals surface area (Å²) in [6, 6.07) is 0.491. The van der Waals surface area contributed by atoms with Crippen molar-refractivity contribution in [3.05, 3.63) is 0 Å². The van der Waals surface area contributed by atoms with Gasteiger partial charge in [-0.15, -0.1) is 0 Å². The molecule has 0 amide bonds. The molecular formula is C15H29N3O2. The van der Waals surface area contributed by atoms with Gasteiger partial charge in [0.25, 0.3) is 0 Å². The number of ether oxygens (including phenoxy) is 1. The highest BCUT2D eigenvalue weighted by atomic mass is 16.5. The summed E-state index contributed by atoms with van der Waals surface area (Å²) in [6.45, 7) is 6.07. The second-order valence-electron chi connectivity index (χ2n) is 6.86. The monoisotopic (exact) mass is 283 g/mol. The maximum Gasteiger partial charge on any atom is 0.327 e. The third-order valence-corrected chi connectivity index (χ3v) is 4.38. The molecule has 2 aliphatic rings. The number of likely N-dealkylation sites (tertiary alicyclic amines) is 1. The molecule has 2 unspecified atom stereocenters. The van der Waals surface area contributed by atoms with E-state index in [9.17, 15) is 4.79 Å². The van der Waals surface area contributed by atoms with Crippen LogP contribution in [0.5, 0.6) is 0 Å². The Hall–Kier alpha value is -0.650. The fraction of sp³-hybridized carbons (Fsp3) is 0.933. The number of esters is 1. The van der Waals surface area contributed by atoms with Gasteiger partial charge in [-0.05, 0) is 52.7 Å². The van der Waals surface area contributed by atoms with E-state index < -0.39 is 5.54 Å². The molecule has 1 aliphatic heterocycles. The SMILES string of the molecule is COC(=O)C(C)(CN(C)CC1CCN(C)C1)NC1CC1. The van der Waals surface area contributed by atoms with Gasteiger partial charge >= 0.3 is 5.97 Å². The summed E-state index contributed by atoms with van der Waals surface area (Å²) in [5.74, 6) is 0.563. The van der Waals surface area contributed by atoms with Gasteiger partial charge in [-0.3, -0.25) is 10.1 Å². The maximum absolute atomic E-state index is 12.1. The Morgan fingerprint density at radius 3 is 2.65 bits per heavy atom. The molecule has 0 aromatic carbocycles. The van der Waals surface area contributed by atoms with Crippen molar-refractivity contribution in [2.75, 3.05) is 47.4 Å². The minimum Gasteiger partial charge on any atom is -0.468 e. The highest BCUT2D eigenvalue weighted by molar-refractivity contribution is 5.80. The second-order valence-corrected chi connectivity index (χ2v) is 6.86. The van der Waals surface area contributed by atoms with Gasteiger partial charge in [0.05, 0.1) is 7.11 Å². The first-order valence-electron chi connectivity index (χ1n) is 7.66. The Kier molecular flexibility index (Phi) is 5.04. The molecule has 1 aliphatic carbocycles. The van der Waals surface area contributed by atoms with Crippen LogP contribution in [-0.2, 0) is 9.53 Å². The van der Waals surface area contributed by atoms with Crippen molar-refractivity contribution in [3.8, 4) is 0 Å². The number of nitrogens with zero attached hydrogens (tertiary/aromatic N) is 2. The van der Waals surface area contributed by atoms with E-state index in [2.05, 4.69) is 29.2 Å². The average molecular weight is 283 g/mol. The molecular weight excluding hydrogens is 254 g/mol. The van der Waals surface area contributed by atoms with Crippen molar-refractivity contribution < 1.29 is 9.53 Å². The number of rotatable bonds is 7. The van der Waals surface area contributed by atoms with Gasteiger partial charge in [0.15, 0.2) is 0 Å². The van der Waals surface area contributed by atoms with Crippen LogP contribution in [0.2, 0.25) is 0 Å². The van der Waals surface area contributed by atoms with Gasteiger partial charge in [-0.2, -0.15) is 0 Å². The van der Waals surface area contributed by atoms with Gasteiger partial charge < -0.3 is 14.5 Å². The van der Waals surface area contributed by atoms with Crippen LogP contribution in [0, 0.1) is 5.92 Å². The van der Waals surface area contributed by atoms with Gasteiger partial charge in [0.1, 0.15) is 5.54 Å². The first kappa shape index (κ1) is 15.7. The molecule has 0 radical (unpaired) electrons. The van der Waals surface area contributed by atoms with Crippen LogP contribution in [-0.4, -0.2) is 74.7 Å².